The van der Waals surface area contributed by atoms with E-state index >= 15 is 0 Å². The van der Waals surface area contributed by atoms with Gasteiger partial charge in [-0.05, 0) is 18.1 Å². The van der Waals surface area contributed by atoms with E-state index in [0.29, 0.717) is 10.4 Å². The molecule has 0 saturated heterocycles. The molecule has 0 amide bonds. The molecule has 1 unspecified atom stereocenters. The van der Waals surface area contributed by atoms with E-state index in [1.54, 1.807) is 6.20 Å². The van der Waals surface area contributed by atoms with Crippen LogP contribution in [0.25, 0.3) is 0 Å². The van der Waals surface area contributed by atoms with Crippen molar-refractivity contribution in [3.8, 4) is 0 Å². The third kappa shape index (κ3) is 3.57. The lowest BCUT2D eigenvalue weighted by Gasteiger charge is -2.08. The summed E-state index contributed by atoms with van der Waals surface area (Å²) in [6.07, 6.45) is 2.92. The second-order valence-electron chi connectivity index (χ2n) is 2.98. The number of rotatable bonds is 4. The lowest BCUT2D eigenvalue weighted by atomic mass is 10.3. The molecule has 0 N–H and O–H groups in total. The van der Waals surface area contributed by atoms with Crippen LogP contribution in [-0.2, 0) is 5.75 Å². The second kappa shape index (κ2) is 5.51. The molecule has 72 valence electrons. The number of pyridine rings is 1. The average molecular weight is 216 g/mol. The Hall–Kier alpha value is -0.210. The fourth-order valence-electron chi connectivity index (χ4n) is 0.877. The first-order valence-electron chi connectivity index (χ1n) is 4.45. The highest BCUT2D eigenvalue weighted by Crippen LogP contribution is 2.22. The Morgan fingerprint density at radius 2 is 2.38 bits per heavy atom. The zero-order valence-electron chi connectivity index (χ0n) is 7.96. The fourth-order valence-corrected chi connectivity index (χ4v) is 2.07. The zero-order valence-corrected chi connectivity index (χ0v) is 9.53. The van der Waals surface area contributed by atoms with Gasteiger partial charge in [0, 0.05) is 17.2 Å². The predicted molar refractivity (Wildman–Crippen MR) is 60.3 cm³/mol. The van der Waals surface area contributed by atoms with Crippen LogP contribution in [0.2, 0.25) is 5.15 Å². The van der Waals surface area contributed by atoms with Crippen LogP contribution in [0.3, 0.4) is 0 Å². The largest absolute Gasteiger partial charge is 0.244 e. The first kappa shape index (κ1) is 10.9. The van der Waals surface area contributed by atoms with Crippen molar-refractivity contribution in [2.75, 3.05) is 0 Å². The summed E-state index contributed by atoms with van der Waals surface area (Å²) in [5.41, 5.74) is 1.13. The first-order valence-corrected chi connectivity index (χ1v) is 5.87. The third-order valence-electron chi connectivity index (χ3n) is 1.93. The molecular weight excluding hydrogens is 202 g/mol. The minimum Gasteiger partial charge on any atom is -0.244 e. The molecule has 0 spiro atoms. The van der Waals surface area contributed by atoms with Crippen LogP contribution < -0.4 is 0 Å². The summed E-state index contributed by atoms with van der Waals surface area (Å²) in [6, 6.07) is 3.96. The van der Waals surface area contributed by atoms with Crippen molar-refractivity contribution in [1.29, 1.82) is 0 Å². The number of aromatic nitrogens is 1. The van der Waals surface area contributed by atoms with Gasteiger partial charge in [0.2, 0.25) is 0 Å². The molecule has 1 nitrogen and oxygen atoms in total. The Labute approximate surface area is 88.9 Å². The fraction of sp³-hybridized carbons (Fsp3) is 0.500. The lowest BCUT2D eigenvalue weighted by Crippen LogP contribution is -1.94. The maximum absolute atomic E-state index is 5.93. The summed E-state index contributed by atoms with van der Waals surface area (Å²) in [6.45, 7) is 4.43. The van der Waals surface area contributed by atoms with E-state index in [4.69, 9.17) is 11.6 Å². The highest BCUT2D eigenvalue weighted by atomic mass is 35.5. The van der Waals surface area contributed by atoms with Crippen LogP contribution in [0, 0.1) is 0 Å². The Morgan fingerprint density at radius 3 is 3.00 bits per heavy atom. The van der Waals surface area contributed by atoms with E-state index in [9.17, 15) is 0 Å². The second-order valence-corrected chi connectivity index (χ2v) is 4.77. The van der Waals surface area contributed by atoms with Gasteiger partial charge < -0.3 is 0 Å². The highest BCUT2D eigenvalue weighted by molar-refractivity contribution is 7.99. The molecule has 0 aliphatic carbocycles. The predicted octanol–water partition coefficient (Wildman–Crippen LogP) is 3.77. The molecule has 1 aromatic rings. The summed E-state index contributed by atoms with van der Waals surface area (Å²) in [5, 5.41) is 1.33. The third-order valence-corrected chi connectivity index (χ3v) is 3.65. The molecule has 0 saturated carbocycles. The zero-order chi connectivity index (χ0) is 9.68. The normalized spacial score (nSPS) is 12.8. The molecule has 0 aromatic carbocycles. The maximum Gasteiger partial charge on any atom is 0.133 e. The smallest absolute Gasteiger partial charge is 0.133 e. The van der Waals surface area contributed by atoms with Gasteiger partial charge in [-0.15, -0.1) is 0 Å². The van der Waals surface area contributed by atoms with Gasteiger partial charge in [-0.25, -0.2) is 4.98 Å². The first-order chi connectivity index (χ1) is 6.24. The van der Waals surface area contributed by atoms with Gasteiger partial charge in [0.25, 0.3) is 0 Å². The van der Waals surface area contributed by atoms with Crippen molar-refractivity contribution in [3.05, 3.63) is 29.0 Å². The van der Waals surface area contributed by atoms with Crippen LogP contribution >= 0.6 is 23.4 Å². The van der Waals surface area contributed by atoms with Crippen LogP contribution in [0.5, 0.6) is 0 Å². The van der Waals surface area contributed by atoms with Crippen molar-refractivity contribution < 1.29 is 0 Å². The average Bonchev–Trinajstić information content (AvgIpc) is 2.16. The quantitative estimate of drug-likeness (QED) is 0.710. The molecule has 13 heavy (non-hydrogen) atoms. The van der Waals surface area contributed by atoms with E-state index in [0.717, 1.165) is 11.3 Å². The SMILES string of the molecule is CCC(C)SCc1cccnc1Cl. The van der Waals surface area contributed by atoms with Crippen molar-refractivity contribution in [2.45, 2.75) is 31.3 Å². The number of hydrogen-bond acceptors (Lipinski definition) is 2. The number of hydrogen-bond donors (Lipinski definition) is 0. The van der Waals surface area contributed by atoms with Crippen LogP contribution in [-0.4, -0.2) is 10.2 Å². The van der Waals surface area contributed by atoms with Crippen molar-refractivity contribution in [2.24, 2.45) is 0 Å². The molecule has 3 heteroatoms. The van der Waals surface area contributed by atoms with Gasteiger partial charge in [-0.2, -0.15) is 11.8 Å². The molecule has 1 heterocycles. The van der Waals surface area contributed by atoms with E-state index in [1.807, 2.05) is 23.9 Å². The van der Waals surface area contributed by atoms with E-state index in [1.165, 1.54) is 6.42 Å². The van der Waals surface area contributed by atoms with Crippen LogP contribution in [0.15, 0.2) is 18.3 Å². The highest BCUT2D eigenvalue weighted by Gasteiger charge is 2.03. The topological polar surface area (TPSA) is 12.9 Å². The molecule has 1 atom stereocenters. The summed E-state index contributed by atoms with van der Waals surface area (Å²) in [7, 11) is 0. The van der Waals surface area contributed by atoms with Crippen LogP contribution in [0.1, 0.15) is 25.8 Å². The Morgan fingerprint density at radius 1 is 1.62 bits per heavy atom. The van der Waals surface area contributed by atoms with Crippen LogP contribution in [0.4, 0.5) is 0 Å². The lowest BCUT2D eigenvalue weighted by molar-refractivity contribution is 0.905. The van der Waals surface area contributed by atoms with Gasteiger partial charge in [0.05, 0.1) is 0 Å². The summed E-state index contributed by atoms with van der Waals surface area (Å²) in [4.78, 5) is 4.03. The summed E-state index contributed by atoms with van der Waals surface area (Å²) >= 11 is 7.85. The van der Waals surface area contributed by atoms with Gasteiger partial charge in [-0.3, -0.25) is 0 Å². The van der Waals surface area contributed by atoms with Crippen molar-refractivity contribution in [3.63, 3.8) is 0 Å². The molecule has 0 bridgehead atoms. The molecule has 1 rings (SSSR count). The standard InChI is InChI=1S/C10H14ClNS/c1-3-8(2)13-7-9-5-4-6-12-10(9)11/h4-6,8H,3,7H2,1-2H3. The van der Waals surface area contributed by atoms with Gasteiger partial charge >= 0.3 is 0 Å². The van der Waals surface area contributed by atoms with Gasteiger partial charge in [0.1, 0.15) is 5.15 Å². The molecule has 0 fully saturated rings. The van der Waals surface area contributed by atoms with Crippen molar-refractivity contribution in [1.82, 2.24) is 4.98 Å². The van der Waals surface area contributed by atoms with E-state index in [2.05, 4.69) is 18.8 Å². The van der Waals surface area contributed by atoms with Gasteiger partial charge in [0.15, 0.2) is 0 Å². The molecule has 1 aromatic heterocycles. The number of halogens is 1. The van der Waals surface area contributed by atoms with E-state index < -0.39 is 0 Å². The summed E-state index contributed by atoms with van der Waals surface area (Å²) < 4.78 is 0. The van der Waals surface area contributed by atoms with Crippen molar-refractivity contribution >= 4 is 23.4 Å². The minimum absolute atomic E-state index is 0.637. The minimum atomic E-state index is 0.637. The monoisotopic (exact) mass is 215 g/mol. The Bertz CT molecular complexity index is 265. The van der Waals surface area contributed by atoms with Gasteiger partial charge in [-0.1, -0.05) is 31.5 Å². The van der Waals surface area contributed by atoms with E-state index in [-0.39, 0.29) is 0 Å². The Balaban J connectivity index is 2.50. The maximum atomic E-state index is 5.93. The summed E-state index contributed by atoms with van der Waals surface area (Å²) in [5.74, 6) is 0.960. The molecule has 0 aliphatic rings. The Kier molecular flexibility index (Phi) is 4.60. The number of nitrogens with zero attached hydrogens (tertiary/aromatic N) is 1. The molecule has 0 aliphatic heterocycles. The molecule has 0 radical (unpaired) electrons. The number of thioether (sulfide) groups is 1. The molecular formula is C10H14ClNS.